The van der Waals surface area contributed by atoms with Crippen LogP contribution in [0, 0.1) is 23.7 Å². The summed E-state index contributed by atoms with van der Waals surface area (Å²) in [6.45, 7) is -0.485. The molecule has 0 unspecified atom stereocenters. The van der Waals surface area contributed by atoms with E-state index in [1.807, 2.05) is 18.2 Å². The van der Waals surface area contributed by atoms with Crippen molar-refractivity contribution in [3.05, 3.63) is 131 Å². The lowest BCUT2D eigenvalue weighted by Crippen LogP contribution is -2.33. The van der Waals surface area contributed by atoms with Gasteiger partial charge < -0.3 is 9.47 Å². The molecule has 0 N–H and O–H groups in total. The molecule has 5 atom stereocenters. The van der Waals surface area contributed by atoms with Crippen molar-refractivity contribution in [2.75, 3.05) is 11.5 Å². The molecule has 0 aromatic heterocycles. The van der Waals surface area contributed by atoms with Crippen LogP contribution in [0.1, 0.15) is 55.4 Å². The van der Waals surface area contributed by atoms with Crippen molar-refractivity contribution in [2.24, 2.45) is 23.7 Å². The van der Waals surface area contributed by atoms with Crippen LogP contribution in [0.2, 0.25) is 0 Å². The van der Waals surface area contributed by atoms with Gasteiger partial charge in [0.05, 0.1) is 28.7 Å². The molecular weight excluding hydrogens is 570 g/mol. The molecule has 45 heavy (non-hydrogen) atoms. The molecule has 2 saturated carbocycles. The van der Waals surface area contributed by atoms with Crippen LogP contribution in [0.3, 0.4) is 0 Å². The van der Waals surface area contributed by atoms with Crippen LogP contribution in [0.15, 0.2) is 109 Å². The molecule has 7 rings (SSSR count). The van der Waals surface area contributed by atoms with Gasteiger partial charge in [0, 0.05) is 5.56 Å². The molecule has 8 nitrogen and oxygen atoms in total. The summed E-state index contributed by atoms with van der Waals surface area (Å²) in [5.41, 5.74) is 2.54. The van der Waals surface area contributed by atoms with Gasteiger partial charge in [0.2, 0.25) is 11.8 Å². The monoisotopic (exact) mass is 599 g/mol. The Bertz CT molecular complexity index is 1780. The molecule has 4 aromatic carbocycles. The maximum absolute atomic E-state index is 13.6. The molecule has 0 radical (unpaired) electrons. The van der Waals surface area contributed by atoms with Crippen LogP contribution in [0.4, 0.5) is 5.69 Å². The molecule has 2 aliphatic carbocycles. The van der Waals surface area contributed by atoms with E-state index >= 15 is 0 Å². The first-order valence-electron chi connectivity index (χ1n) is 15.0. The normalized spacial score (nSPS) is 23.1. The number of esters is 2. The summed E-state index contributed by atoms with van der Waals surface area (Å²) in [6.07, 6.45) is 1.81. The summed E-state index contributed by atoms with van der Waals surface area (Å²) in [6, 6.07) is 30.9. The maximum Gasteiger partial charge on any atom is 0.343 e. The van der Waals surface area contributed by atoms with E-state index in [9.17, 15) is 24.0 Å². The van der Waals surface area contributed by atoms with Crippen molar-refractivity contribution in [3.8, 4) is 5.75 Å². The molecule has 3 fully saturated rings. The van der Waals surface area contributed by atoms with Crippen LogP contribution in [0.25, 0.3) is 0 Å². The van der Waals surface area contributed by atoms with E-state index in [0.717, 1.165) is 12.8 Å². The number of carbonyl (C=O) groups is 5. The van der Waals surface area contributed by atoms with E-state index in [1.165, 1.54) is 46.9 Å². The molecule has 1 heterocycles. The predicted octanol–water partition coefficient (Wildman–Crippen LogP) is 5.87. The number of imide groups is 1. The van der Waals surface area contributed by atoms with Gasteiger partial charge in [0.1, 0.15) is 5.75 Å². The number of hydrogen-bond acceptors (Lipinski definition) is 7. The van der Waals surface area contributed by atoms with Gasteiger partial charge >= 0.3 is 11.9 Å². The zero-order chi connectivity index (χ0) is 31.1. The highest BCUT2D eigenvalue weighted by atomic mass is 16.5. The quantitative estimate of drug-likeness (QED) is 0.108. The van der Waals surface area contributed by atoms with Crippen molar-refractivity contribution >= 4 is 35.2 Å². The molecule has 4 aromatic rings. The Morgan fingerprint density at radius 3 is 1.93 bits per heavy atom. The topological polar surface area (TPSA) is 107 Å². The first-order chi connectivity index (χ1) is 21.9. The third-order valence-electron chi connectivity index (χ3n) is 9.34. The minimum Gasteiger partial charge on any atom is -0.454 e. The van der Waals surface area contributed by atoms with Gasteiger partial charge in [-0.25, -0.2) is 9.59 Å². The average Bonchev–Trinajstić information content (AvgIpc) is 3.75. The molecule has 8 heteroatoms. The zero-order valence-electron chi connectivity index (χ0n) is 24.2. The van der Waals surface area contributed by atoms with Crippen LogP contribution in [-0.4, -0.2) is 36.1 Å². The number of Topliss-reactive ketones (excluding diaryl/α,β-unsaturated/α-hetero) is 1. The summed E-state index contributed by atoms with van der Waals surface area (Å²) in [7, 11) is 0. The second kappa shape index (κ2) is 11.6. The first kappa shape index (κ1) is 28.4. The smallest absolute Gasteiger partial charge is 0.343 e. The number of carbonyl (C=O) groups excluding carboxylic acids is 5. The number of anilines is 1. The summed E-state index contributed by atoms with van der Waals surface area (Å²) in [5, 5.41) is 0. The highest BCUT2D eigenvalue weighted by Crippen LogP contribution is 2.61. The summed E-state index contributed by atoms with van der Waals surface area (Å²) < 4.78 is 10.6. The molecular formula is C37H29NO7. The van der Waals surface area contributed by atoms with Gasteiger partial charge in [0.15, 0.2) is 12.4 Å². The van der Waals surface area contributed by atoms with E-state index in [4.69, 9.17) is 9.47 Å². The Balaban J connectivity index is 0.953. The lowest BCUT2D eigenvalue weighted by atomic mass is 9.73. The third-order valence-corrected chi connectivity index (χ3v) is 9.34. The lowest BCUT2D eigenvalue weighted by Gasteiger charge is -2.28. The van der Waals surface area contributed by atoms with E-state index in [0.29, 0.717) is 11.3 Å². The molecule has 224 valence electrons. The molecule has 2 bridgehead atoms. The SMILES string of the molecule is O=C(COC(=O)c1ccc(N2C(=O)[C@@H]3[C@@H]4C[C@@H]([C@@H]3C2=O)[C@H](c2ccccc2)C4)cc1)c1ccc(OC(=O)c2ccccc2)cc1. The second-order valence-electron chi connectivity index (χ2n) is 11.8. The average molecular weight is 600 g/mol. The highest BCUT2D eigenvalue weighted by molar-refractivity contribution is 6.22. The fraction of sp³-hybridized carbons (Fsp3) is 0.216. The fourth-order valence-electron chi connectivity index (χ4n) is 7.29. The Morgan fingerprint density at radius 2 is 1.24 bits per heavy atom. The molecule has 0 spiro atoms. The Morgan fingerprint density at radius 1 is 0.644 bits per heavy atom. The van der Waals surface area contributed by atoms with E-state index < -0.39 is 24.3 Å². The highest BCUT2D eigenvalue weighted by Gasteiger charge is 2.64. The number of ether oxygens (including phenoxy) is 2. The van der Waals surface area contributed by atoms with E-state index in [-0.39, 0.29) is 58.3 Å². The van der Waals surface area contributed by atoms with Crippen molar-refractivity contribution in [2.45, 2.75) is 18.8 Å². The van der Waals surface area contributed by atoms with Crippen molar-refractivity contribution in [1.29, 1.82) is 0 Å². The standard InChI is InChI=1S/C37H29NO7/c39-31(23-13-17-28(18-14-23)45-37(43)24-9-5-2-6-10-24)21-44-36(42)25-11-15-27(16-12-25)38-34(40)32-26-19-29(22-7-3-1-4-8-22)30(20-26)33(32)35(38)41/h1-18,26,29-30,32-33H,19-21H2/t26-,29-,30+,32+,33-/m0/s1. The second-order valence-corrected chi connectivity index (χ2v) is 11.8. The number of hydrogen-bond donors (Lipinski definition) is 0. The van der Waals surface area contributed by atoms with Gasteiger partial charge in [-0.05, 0) is 96.8 Å². The van der Waals surface area contributed by atoms with Gasteiger partial charge in [-0.15, -0.1) is 0 Å². The maximum atomic E-state index is 13.6. The van der Waals surface area contributed by atoms with Gasteiger partial charge in [-0.1, -0.05) is 48.5 Å². The Hall–Kier alpha value is -5.37. The summed E-state index contributed by atoms with van der Waals surface area (Å²) in [5.74, 6) is -1.68. The summed E-state index contributed by atoms with van der Waals surface area (Å²) >= 11 is 0. The molecule has 1 aliphatic heterocycles. The molecule has 2 amide bonds. The molecule has 3 aliphatic rings. The zero-order valence-corrected chi connectivity index (χ0v) is 24.2. The van der Waals surface area contributed by atoms with Crippen LogP contribution >= 0.6 is 0 Å². The molecule has 1 saturated heterocycles. The number of fused-ring (bicyclic) bond motifs is 5. The third kappa shape index (κ3) is 5.22. The number of benzene rings is 4. The van der Waals surface area contributed by atoms with Crippen LogP contribution in [0.5, 0.6) is 5.75 Å². The lowest BCUT2D eigenvalue weighted by molar-refractivity contribution is -0.123. The van der Waals surface area contributed by atoms with Crippen LogP contribution < -0.4 is 9.64 Å². The van der Waals surface area contributed by atoms with E-state index in [1.54, 1.807) is 42.5 Å². The van der Waals surface area contributed by atoms with Gasteiger partial charge in [0.25, 0.3) is 0 Å². The van der Waals surface area contributed by atoms with E-state index in [2.05, 4.69) is 12.1 Å². The number of nitrogens with zero attached hydrogens (tertiary/aromatic N) is 1. The predicted molar refractivity (Wildman–Crippen MR) is 164 cm³/mol. The van der Waals surface area contributed by atoms with Gasteiger partial charge in [-0.2, -0.15) is 0 Å². The van der Waals surface area contributed by atoms with Crippen molar-refractivity contribution in [1.82, 2.24) is 0 Å². The van der Waals surface area contributed by atoms with Gasteiger partial charge in [-0.3, -0.25) is 19.3 Å². The first-order valence-corrected chi connectivity index (χ1v) is 15.0. The van der Waals surface area contributed by atoms with Crippen molar-refractivity contribution in [3.63, 3.8) is 0 Å². The minimum atomic E-state index is -0.706. The number of amides is 2. The van der Waals surface area contributed by atoms with Crippen molar-refractivity contribution < 1.29 is 33.4 Å². The summed E-state index contributed by atoms with van der Waals surface area (Å²) in [4.78, 5) is 65.9. The minimum absolute atomic E-state index is 0.149. The number of rotatable bonds is 8. The fourth-order valence-corrected chi connectivity index (χ4v) is 7.29. The number of ketones is 1. The Labute approximate surface area is 259 Å². The Kier molecular flexibility index (Phi) is 7.33. The van der Waals surface area contributed by atoms with Crippen LogP contribution in [-0.2, 0) is 14.3 Å². The largest absolute Gasteiger partial charge is 0.454 e.